The molecule has 0 amide bonds. The van der Waals surface area contributed by atoms with Gasteiger partial charge in [-0.25, -0.2) is 0 Å². The zero-order valence-corrected chi connectivity index (χ0v) is 14.8. The molecule has 0 atom stereocenters. The summed E-state index contributed by atoms with van der Waals surface area (Å²) in [5.41, 5.74) is 5.20. The molecule has 0 saturated carbocycles. The average Bonchev–Trinajstić information content (AvgIpc) is 2.46. The molecular weight excluding hydrogens is 286 g/mol. The number of carbonyl (C=O) groups excluding carboxylic acids is 1. The summed E-state index contributed by atoms with van der Waals surface area (Å²) in [6.07, 6.45) is 0. The SMILES string of the molecule is Cc1cc(N(C)C)cc(C)c1C(=O)c1ccc(O)c(C(C)C)c1. The van der Waals surface area contributed by atoms with E-state index in [9.17, 15) is 9.90 Å². The summed E-state index contributed by atoms with van der Waals surface area (Å²) in [5, 5.41) is 9.95. The van der Waals surface area contributed by atoms with E-state index in [-0.39, 0.29) is 17.5 Å². The Bertz CT molecular complexity index is 722. The van der Waals surface area contributed by atoms with Crippen LogP contribution in [0.25, 0.3) is 0 Å². The van der Waals surface area contributed by atoms with Crippen molar-refractivity contribution in [2.75, 3.05) is 19.0 Å². The molecule has 3 heteroatoms. The van der Waals surface area contributed by atoms with Crippen LogP contribution in [-0.4, -0.2) is 25.0 Å². The maximum Gasteiger partial charge on any atom is 0.193 e. The first kappa shape index (κ1) is 17.1. The number of rotatable bonds is 4. The van der Waals surface area contributed by atoms with Crippen LogP contribution in [0.4, 0.5) is 5.69 Å². The second-order valence-electron chi connectivity index (χ2n) is 6.61. The number of aryl methyl sites for hydroxylation is 2. The van der Waals surface area contributed by atoms with Crippen molar-refractivity contribution in [3.05, 3.63) is 58.1 Å². The van der Waals surface area contributed by atoms with E-state index in [4.69, 9.17) is 0 Å². The van der Waals surface area contributed by atoms with E-state index in [1.807, 2.05) is 58.8 Å². The van der Waals surface area contributed by atoms with Gasteiger partial charge >= 0.3 is 0 Å². The second-order valence-corrected chi connectivity index (χ2v) is 6.61. The Balaban J connectivity index is 2.51. The molecule has 0 unspecified atom stereocenters. The fraction of sp³-hybridized carbons (Fsp3) is 0.350. The van der Waals surface area contributed by atoms with Crippen molar-refractivity contribution in [1.82, 2.24) is 0 Å². The highest BCUT2D eigenvalue weighted by Crippen LogP contribution is 2.29. The van der Waals surface area contributed by atoms with Crippen LogP contribution in [0.3, 0.4) is 0 Å². The highest BCUT2D eigenvalue weighted by Gasteiger charge is 2.18. The minimum absolute atomic E-state index is 0.00667. The molecule has 0 aromatic heterocycles. The van der Waals surface area contributed by atoms with Crippen molar-refractivity contribution in [3.8, 4) is 5.75 Å². The van der Waals surface area contributed by atoms with E-state index < -0.39 is 0 Å². The normalized spacial score (nSPS) is 10.9. The molecule has 23 heavy (non-hydrogen) atoms. The Morgan fingerprint density at radius 1 is 1.04 bits per heavy atom. The summed E-state index contributed by atoms with van der Waals surface area (Å²) in [7, 11) is 3.98. The third-order valence-electron chi connectivity index (χ3n) is 4.17. The van der Waals surface area contributed by atoms with Crippen LogP contribution < -0.4 is 4.90 Å². The zero-order chi connectivity index (χ0) is 17.3. The van der Waals surface area contributed by atoms with Gasteiger partial charge in [-0.05, 0) is 66.8 Å². The summed E-state index contributed by atoms with van der Waals surface area (Å²) >= 11 is 0. The third-order valence-corrected chi connectivity index (χ3v) is 4.17. The lowest BCUT2D eigenvalue weighted by molar-refractivity contribution is 0.103. The maximum atomic E-state index is 13.0. The first-order valence-corrected chi connectivity index (χ1v) is 7.88. The van der Waals surface area contributed by atoms with Gasteiger partial charge in [0.05, 0.1) is 0 Å². The summed E-state index contributed by atoms with van der Waals surface area (Å²) in [4.78, 5) is 15.0. The molecule has 2 rings (SSSR count). The Labute approximate surface area is 138 Å². The monoisotopic (exact) mass is 311 g/mol. The van der Waals surface area contributed by atoms with Gasteiger partial charge in [0.2, 0.25) is 0 Å². The predicted molar refractivity (Wildman–Crippen MR) is 95.9 cm³/mol. The van der Waals surface area contributed by atoms with Gasteiger partial charge in [0, 0.05) is 30.9 Å². The van der Waals surface area contributed by atoms with Crippen molar-refractivity contribution < 1.29 is 9.90 Å². The largest absolute Gasteiger partial charge is 0.508 e. The van der Waals surface area contributed by atoms with E-state index in [2.05, 4.69) is 0 Å². The van der Waals surface area contributed by atoms with Crippen molar-refractivity contribution in [1.29, 1.82) is 0 Å². The number of hydrogen-bond donors (Lipinski definition) is 1. The molecular formula is C20H25NO2. The highest BCUT2D eigenvalue weighted by atomic mass is 16.3. The third kappa shape index (κ3) is 3.39. The van der Waals surface area contributed by atoms with Gasteiger partial charge in [-0.1, -0.05) is 13.8 Å². The van der Waals surface area contributed by atoms with Crippen LogP contribution in [0.15, 0.2) is 30.3 Å². The molecule has 0 heterocycles. The first-order chi connectivity index (χ1) is 10.7. The molecule has 2 aromatic carbocycles. The molecule has 0 bridgehead atoms. The molecule has 1 N–H and O–H groups in total. The summed E-state index contributed by atoms with van der Waals surface area (Å²) < 4.78 is 0. The number of phenols is 1. The van der Waals surface area contributed by atoms with E-state index in [0.29, 0.717) is 5.56 Å². The molecule has 0 aliphatic rings. The Morgan fingerprint density at radius 3 is 2.09 bits per heavy atom. The van der Waals surface area contributed by atoms with Gasteiger partial charge in [0.15, 0.2) is 5.78 Å². The van der Waals surface area contributed by atoms with Gasteiger partial charge in [0.1, 0.15) is 5.75 Å². The number of aromatic hydroxyl groups is 1. The molecule has 0 radical (unpaired) electrons. The number of nitrogens with zero attached hydrogens (tertiary/aromatic N) is 1. The fourth-order valence-corrected chi connectivity index (χ4v) is 2.86. The summed E-state index contributed by atoms with van der Waals surface area (Å²) in [6.45, 7) is 7.95. The van der Waals surface area contributed by atoms with Gasteiger partial charge in [0.25, 0.3) is 0 Å². The van der Waals surface area contributed by atoms with Crippen LogP contribution in [0.1, 0.15) is 52.4 Å². The van der Waals surface area contributed by atoms with Gasteiger partial charge < -0.3 is 10.0 Å². The van der Waals surface area contributed by atoms with Crippen LogP contribution in [0.2, 0.25) is 0 Å². The van der Waals surface area contributed by atoms with Gasteiger partial charge in [-0.3, -0.25) is 4.79 Å². The van der Waals surface area contributed by atoms with Crippen LogP contribution in [0, 0.1) is 13.8 Å². The molecule has 2 aromatic rings. The molecule has 0 aliphatic heterocycles. The van der Waals surface area contributed by atoms with Crippen molar-refractivity contribution in [2.24, 2.45) is 0 Å². The van der Waals surface area contributed by atoms with Crippen molar-refractivity contribution in [3.63, 3.8) is 0 Å². The number of benzene rings is 2. The minimum Gasteiger partial charge on any atom is -0.508 e. The minimum atomic E-state index is 0.00667. The first-order valence-electron chi connectivity index (χ1n) is 7.88. The van der Waals surface area contributed by atoms with Crippen LogP contribution in [0.5, 0.6) is 5.75 Å². The second kappa shape index (κ2) is 6.45. The maximum absolute atomic E-state index is 13.0. The predicted octanol–water partition coefficient (Wildman–Crippen LogP) is 4.43. The Kier molecular flexibility index (Phi) is 4.79. The summed E-state index contributed by atoms with van der Waals surface area (Å²) in [5.74, 6) is 0.418. The molecule has 0 spiro atoms. The smallest absolute Gasteiger partial charge is 0.193 e. The topological polar surface area (TPSA) is 40.5 Å². The number of phenolic OH excluding ortho intramolecular Hbond substituents is 1. The number of ketones is 1. The average molecular weight is 311 g/mol. The number of carbonyl (C=O) groups is 1. The lowest BCUT2D eigenvalue weighted by atomic mass is 9.91. The van der Waals surface area contributed by atoms with Crippen LogP contribution in [-0.2, 0) is 0 Å². The number of anilines is 1. The highest BCUT2D eigenvalue weighted by molar-refractivity contribution is 6.11. The standard InChI is InChI=1S/C20H25NO2/c1-12(2)17-11-15(7-8-18(17)22)20(23)19-13(3)9-16(21(5)6)10-14(19)4/h7-12,22H,1-6H3. The molecule has 3 nitrogen and oxygen atoms in total. The Hall–Kier alpha value is -2.29. The Morgan fingerprint density at radius 2 is 1.61 bits per heavy atom. The van der Waals surface area contributed by atoms with E-state index in [1.165, 1.54) is 0 Å². The molecule has 122 valence electrons. The van der Waals surface area contributed by atoms with Crippen molar-refractivity contribution >= 4 is 11.5 Å². The quantitative estimate of drug-likeness (QED) is 0.849. The summed E-state index contributed by atoms with van der Waals surface area (Å²) in [6, 6.07) is 9.18. The van der Waals surface area contributed by atoms with E-state index >= 15 is 0 Å². The van der Waals surface area contributed by atoms with Crippen molar-refractivity contribution in [2.45, 2.75) is 33.6 Å². The lowest BCUT2D eigenvalue weighted by Gasteiger charge is -2.18. The van der Waals surface area contributed by atoms with Gasteiger partial charge in [-0.2, -0.15) is 0 Å². The van der Waals surface area contributed by atoms with E-state index in [1.54, 1.807) is 18.2 Å². The molecule has 0 aliphatic carbocycles. The number of hydrogen-bond acceptors (Lipinski definition) is 3. The van der Waals surface area contributed by atoms with E-state index in [0.717, 1.165) is 27.9 Å². The van der Waals surface area contributed by atoms with Gasteiger partial charge in [-0.15, -0.1) is 0 Å². The lowest BCUT2D eigenvalue weighted by Crippen LogP contribution is -2.12. The molecule has 0 fully saturated rings. The van der Waals surface area contributed by atoms with Crippen LogP contribution >= 0.6 is 0 Å². The molecule has 0 saturated heterocycles. The fourth-order valence-electron chi connectivity index (χ4n) is 2.86. The zero-order valence-electron chi connectivity index (χ0n) is 14.8.